The molecule has 4 nitrogen and oxygen atoms in total. The van der Waals surface area contributed by atoms with Gasteiger partial charge in [0, 0.05) is 22.8 Å². The van der Waals surface area contributed by atoms with Crippen LogP contribution in [0.25, 0.3) is 0 Å². The Hall–Kier alpha value is -1.88. The minimum Gasteiger partial charge on any atom is -0.349 e. The van der Waals surface area contributed by atoms with E-state index in [1.54, 1.807) is 6.92 Å². The molecule has 0 saturated carbocycles. The maximum atomic E-state index is 12.2. The van der Waals surface area contributed by atoms with Crippen LogP contribution in [-0.2, 0) is 6.42 Å². The molecule has 110 valence electrons. The minimum absolute atomic E-state index is 0.0115. The molecule has 1 amide bonds. The van der Waals surface area contributed by atoms with E-state index in [1.165, 1.54) is 12.3 Å². The Morgan fingerprint density at radius 3 is 2.76 bits per heavy atom. The van der Waals surface area contributed by atoms with Gasteiger partial charge in [0.05, 0.1) is 5.56 Å². The van der Waals surface area contributed by atoms with Gasteiger partial charge in [0.15, 0.2) is 0 Å². The van der Waals surface area contributed by atoms with E-state index in [4.69, 9.17) is 0 Å². The first kappa shape index (κ1) is 15.5. The monoisotopic (exact) mass is 348 g/mol. The molecule has 0 unspecified atom stereocenters. The Kier molecular flexibility index (Phi) is 4.96. The van der Waals surface area contributed by atoms with E-state index in [0.29, 0.717) is 11.1 Å². The molecular formula is C16H17BrN2O2. The fourth-order valence-electron chi connectivity index (χ4n) is 2.16. The number of nitrogens with one attached hydrogen (secondary N) is 2. The molecular weight excluding hydrogens is 332 g/mol. The Labute approximate surface area is 131 Å². The van der Waals surface area contributed by atoms with E-state index in [2.05, 4.69) is 26.2 Å². The fraction of sp³-hybridized carbons (Fsp3) is 0.250. The second-order valence-corrected chi connectivity index (χ2v) is 5.92. The summed E-state index contributed by atoms with van der Waals surface area (Å²) < 4.78 is 1.03. The van der Waals surface area contributed by atoms with Crippen molar-refractivity contribution in [2.24, 2.45) is 0 Å². The molecule has 1 aromatic heterocycles. The van der Waals surface area contributed by atoms with E-state index in [-0.39, 0.29) is 17.5 Å². The maximum Gasteiger partial charge on any atom is 0.253 e. The lowest BCUT2D eigenvalue weighted by Gasteiger charge is -2.15. The van der Waals surface area contributed by atoms with Crippen LogP contribution >= 0.6 is 15.9 Å². The molecule has 0 fully saturated rings. The van der Waals surface area contributed by atoms with Crippen molar-refractivity contribution < 1.29 is 4.79 Å². The Bertz CT molecular complexity index is 709. The summed E-state index contributed by atoms with van der Waals surface area (Å²) in [4.78, 5) is 25.9. The number of aromatic amines is 1. The Balaban J connectivity index is 2.05. The number of pyridine rings is 1. The molecule has 0 spiro atoms. The number of hydrogen-bond donors (Lipinski definition) is 2. The highest BCUT2D eigenvalue weighted by Gasteiger charge is 2.13. The smallest absolute Gasteiger partial charge is 0.253 e. The van der Waals surface area contributed by atoms with Crippen molar-refractivity contribution >= 4 is 21.8 Å². The molecule has 1 heterocycles. The predicted octanol–water partition coefficient (Wildman–Crippen LogP) is 2.81. The number of aromatic nitrogens is 1. The molecule has 1 atom stereocenters. The third-order valence-electron chi connectivity index (χ3n) is 3.24. The van der Waals surface area contributed by atoms with Crippen molar-refractivity contribution in [3.8, 4) is 0 Å². The zero-order chi connectivity index (χ0) is 15.4. The highest BCUT2D eigenvalue weighted by Crippen LogP contribution is 2.17. The molecule has 0 bridgehead atoms. The molecule has 21 heavy (non-hydrogen) atoms. The number of H-pyrrole nitrogens is 1. The van der Waals surface area contributed by atoms with Crippen molar-refractivity contribution in [2.75, 3.05) is 0 Å². The average molecular weight is 349 g/mol. The summed E-state index contributed by atoms with van der Waals surface area (Å²) in [6, 6.07) is 9.35. The van der Waals surface area contributed by atoms with Crippen LogP contribution in [0.2, 0.25) is 0 Å². The van der Waals surface area contributed by atoms with Crippen molar-refractivity contribution in [3.63, 3.8) is 0 Å². The number of benzene rings is 1. The summed E-state index contributed by atoms with van der Waals surface area (Å²) in [5.41, 5.74) is 2.10. The quantitative estimate of drug-likeness (QED) is 0.892. The summed E-state index contributed by atoms with van der Waals surface area (Å²) in [5.74, 6) is -0.177. The number of rotatable bonds is 4. The second kappa shape index (κ2) is 6.72. The fourth-order valence-corrected chi connectivity index (χ4v) is 2.61. The average Bonchev–Trinajstić information content (AvgIpc) is 2.41. The van der Waals surface area contributed by atoms with Crippen molar-refractivity contribution in [3.05, 3.63) is 68.0 Å². The summed E-state index contributed by atoms with van der Waals surface area (Å²) >= 11 is 3.50. The van der Waals surface area contributed by atoms with Crippen LogP contribution in [0.5, 0.6) is 0 Å². The molecule has 2 rings (SSSR count). The molecule has 0 aliphatic heterocycles. The predicted molar refractivity (Wildman–Crippen MR) is 86.6 cm³/mol. The van der Waals surface area contributed by atoms with Crippen LogP contribution in [0.3, 0.4) is 0 Å². The van der Waals surface area contributed by atoms with E-state index in [0.717, 1.165) is 16.5 Å². The van der Waals surface area contributed by atoms with Gasteiger partial charge >= 0.3 is 0 Å². The molecule has 0 saturated heterocycles. The van der Waals surface area contributed by atoms with E-state index in [1.807, 2.05) is 31.2 Å². The highest BCUT2D eigenvalue weighted by molar-refractivity contribution is 9.10. The van der Waals surface area contributed by atoms with Gasteiger partial charge in [-0.2, -0.15) is 0 Å². The lowest BCUT2D eigenvalue weighted by Crippen LogP contribution is -2.35. The van der Waals surface area contributed by atoms with Gasteiger partial charge in [-0.1, -0.05) is 34.1 Å². The van der Waals surface area contributed by atoms with Gasteiger partial charge in [-0.3, -0.25) is 9.59 Å². The number of carbonyl (C=O) groups excluding carboxylic acids is 1. The lowest BCUT2D eigenvalue weighted by molar-refractivity contribution is 0.0939. The van der Waals surface area contributed by atoms with Gasteiger partial charge in [-0.05, 0) is 37.5 Å². The molecule has 0 aliphatic rings. The molecule has 2 aromatic rings. The summed E-state index contributed by atoms with van der Waals surface area (Å²) in [6.07, 6.45) is 2.19. The van der Waals surface area contributed by atoms with Crippen LogP contribution < -0.4 is 10.9 Å². The van der Waals surface area contributed by atoms with Crippen molar-refractivity contribution in [1.29, 1.82) is 0 Å². The zero-order valence-corrected chi connectivity index (χ0v) is 13.5. The minimum atomic E-state index is -0.203. The first-order valence-electron chi connectivity index (χ1n) is 6.71. The van der Waals surface area contributed by atoms with Crippen LogP contribution in [0.4, 0.5) is 0 Å². The topological polar surface area (TPSA) is 62.0 Å². The van der Waals surface area contributed by atoms with E-state index >= 15 is 0 Å². The van der Waals surface area contributed by atoms with E-state index in [9.17, 15) is 9.59 Å². The van der Waals surface area contributed by atoms with Gasteiger partial charge in [0.2, 0.25) is 5.56 Å². The molecule has 2 N–H and O–H groups in total. The van der Waals surface area contributed by atoms with Crippen LogP contribution in [0.15, 0.2) is 45.8 Å². The zero-order valence-electron chi connectivity index (χ0n) is 11.9. The van der Waals surface area contributed by atoms with Gasteiger partial charge in [-0.15, -0.1) is 0 Å². The SMILES string of the molecule is Cc1cc(=O)[nH]cc1C(=O)N[C@@H](C)Cc1ccccc1Br. The Morgan fingerprint density at radius 2 is 2.10 bits per heavy atom. The molecule has 0 aliphatic carbocycles. The largest absolute Gasteiger partial charge is 0.349 e. The van der Waals surface area contributed by atoms with Crippen molar-refractivity contribution in [2.45, 2.75) is 26.3 Å². The summed E-state index contributed by atoms with van der Waals surface area (Å²) in [5, 5.41) is 2.95. The number of carbonyl (C=O) groups is 1. The van der Waals surface area contributed by atoms with Gasteiger partial charge in [0.1, 0.15) is 0 Å². The molecule has 1 aromatic carbocycles. The van der Waals surface area contributed by atoms with E-state index < -0.39 is 0 Å². The first-order chi connectivity index (χ1) is 9.97. The normalized spacial score (nSPS) is 12.0. The number of amides is 1. The number of halogens is 1. The van der Waals surface area contributed by atoms with Crippen molar-refractivity contribution in [1.82, 2.24) is 10.3 Å². The second-order valence-electron chi connectivity index (χ2n) is 5.06. The van der Waals surface area contributed by atoms with Crippen LogP contribution in [0.1, 0.15) is 28.4 Å². The van der Waals surface area contributed by atoms with Crippen LogP contribution in [-0.4, -0.2) is 16.9 Å². The third kappa shape index (κ3) is 4.04. The highest BCUT2D eigenvalue weighted by atomic mass is 79.9. The maximum absolute atomic E-state index is 12.2. The first-order valence-corrected chi connectivity index (χ1v) is 7.50. The van der Waals surface area contributed by atoms with Crippen LogP contribution in [0, 0.1) is 6.92 Å². The summed E-state index contributed by atoms with van der Waals surface area (Å²) in [7, 11) is 0. The molecule has 0 radical (unpaired) electrons. The standard InChI is InChI=1S/C16H17BrN2O2/c1-10-7-15(20)18-9-13(10)16(21)19-11(2)8-12-5-3-4-6-14(12)17/h3-7,9,11H,8H2,1-2H3,(H,18,20)(H,19,21)/t11-/m0/s1. The van der Waals surface area contributed by atoms with Gasteiger partial charge in [0.25, 0.3) is 5.91 Å². The summed E-state index contributed by atoms with van der Waals surface area (Å²) in [6.45, 7) is 3.71. The number of hydrogen-bond acceptors (Lipinski definition) is 2. The third-order valence-corrected chi connectivity index (χ3v) is 4.01. The lowest BCUT2D eigenvalue weighted by atomic mass is 10.1. The van der Waals surface area contributed by atoms with Gasteiger partial charge < -0.3 is 10.3 Å². The van der Waals surface area contributed by atoms with Gasteiger partial charge in [-0.25, -0.2) is 0 Å². The Morgan fingerprint density at radius 1 is 1.38 bits per heavy atom. The molecule has 5 heteroatoms. The number of aryl methyl sites for hydroxylation is 1.